The van der Waals surface area contributed by atoms with Crippen LogP contribution in [0.1, 0.15) is 31.8 Å². The number of fused-ring (bicyclic) bond motifs is 1. The predicted octanol–water partition coefficient (Wildman–Crippen LogP) is 3.67. The molecule has 28 heavy (non-hydrogen) atoms. The minimum absolute atomic E-state index is 0.0804. The van der Waals surface area contributed by atoms with Gasteiger partial charge in [-0.3, -0.25) is 14.6 Å². The minimum Gasteiger partial charge on any atom is -0.334 e. The third-order valence-corrected chi connectivity index (χ3v) is 4.79. The van der Waals surface area contributed by atoms with Gasteiger partial charge in [-0.1, -0.05) is 36.4 Å². The third kappa shape index (κ3) is 3.62. The summed E-state index contributed by atoms with van der Waals surface area (Å²) in [4.78, 5) is 31.1. The molecule has 4 rings (SSSR count). The Hall–Kier alpha value is -3.54. The molecule has 1 N–H and O–H groups in total. The van der Waals surface area contributed by atoms with Gasteiger partial charge in [0, 0.05) is 25.5 Å². The molecular weight excluding hydrogens is 357 g/mol. The summed E-state index contributed by atoms with van der Waals surface area (Å²) in [6.45, 7) is 1.14. The lowest BCUT2D eigenvalue weighted by Crippen LogP contribution is -2.36. The predicted molar refractivity (Wildman–Crippen MR) is 103 cm³/mol. The van der Waals surface area contributed by atoms with Gasteiger partial charge in [-0.2, -0.15) is 0 Å². The van der Waals surface area contributed by atoms with Crippen LogP contribution < -0.4 is 5.32 Å². The summed E-state index contributed by atoms with van der Waals surface area (Å²) in [7, 11) is 0. The molecule has 1 aromatic heterocycles. The van der Waals surface area contributed by atoms with Crippen LogP contribution in [0.5, 0.6) is 0 Å². The summed E-state index contributed by atoms with van der Waals surface area (Å²) < 4.78 is 13.7. The van der Waals surface area contributed by atoms with E-state index in [-0.39, 0.29) is 17.2 Å². The Morgan fingerprint density at radius 1 is 0.964 bits per heavy atom. The Morgan fingerprint density at radius 2 is 1.68 bits per heavy atom. The van der Waals surface area contributed by atoms with Crippen molar-refractivity contribution in [2.24, 2.45) is 0 Å². The van der Waals surface area contributed by atoms with E-state index in [1.807, 2.05) is 18.2 Å². The van der Waals surface area contributed by atoms with Crippen LogP contribution in [-0.2, 0) is 13.0 Å². The molecule has 2 aromatic carbocycles. The fourth-order valence-electron chi connectivity index (χ4n) is 3.29. The normalized spacial score (nSPS) is 13.0. The van der Waals surface area contributed by atoms with Crippen LogP contribution in [0.2, 0.25) is 0 Å². The molecule has 5 nitrogen and oxygen atoms in total. The highest BCUT2D eigenvalue weighted by Gasteiger charge is 2.22. The van der Waals surface area contributed by atoms with E-state index in [1.165, 1.54) is 36.2 Å². The van der Waals surface area contributed by atoms with E-state index in [9.17, 15) is 14.0 Å². The number of nitrogens with one attached hydrogen (secondary N) is 1. The standard InChI is InChI=1S/C22H18FN3O2/c23-19-7-3-4-8-20(19)25-21(27)17-11-18(13-24-12-17)22(28)26-10-9-15-5-1-2-6-16(15)14-26/h1-8,11-13H,9-10,14H2,(H,25,27). The maximum absolute atomic E-state index is 13.7. The molecule has 2 heterocycles. The van der Waals surface area contributed by atoms with Crippen molar-refractivity contribution < 1.29 is 14.0 Å². The van der Waals surface area contributed by atoms with E-state index in [0.29, 0.717) is 18.7 Å². The van der Waals surface area contributed by atoms with Crippen LogP contribution in [-0.4, -0.2) is 28.2 Å². The molecule has 3 aromatic rings. The number of amides is 2. The number of carbonyl (C=O) groups excluding carboxylic acids is 2. The number of rotatable bonds is 3. The first kappa shape index (κ1) is 17.9. The molecule has 1 aliphatic heterocycles. The number of pyridine rings is 1. The highest BCUT2D eigenvalue weighted by atomic mass is 19.1. The molecule has 0 atom stereocenters. The second kappa shape index (κ2) is 7.60. The fraction of sp³-hybridized carbons (Fsp3) is 0.136. The lowest BCUT2D eigenvalue weighted by molar-refractivity contribution is 0.0734. The van der Waals surface area contributed by atoms with E-state index < -0.39 is 11.7 Å². The highest BCUT2D eigenvalue weighted by molar-refractivity contribution is 6.05. The van der Waals surface area contributed by atoms with Gasteiger partial charge in [0.05, 0.1) is 16.8 Å². The molecule has 0 saturated carbocycles. The van der Waals surface area contributed by atoms with E-state index in [4.69, 9.17) is 0 Å². The smallest absolute Gasteiger partial charge is 0.257 e. The number of hydrogen-bond donors (Lipinski definition) is 1. The average Bonchev–Trinajstić information content (AvgIpc) is 2.74. The summed E-state index contributed by atoms with van der Waals surface area (Å²) in [6, 6.07) is 15.5. The van der Waals surface area contributed by atoms with Crippen LogP contribution in [0.4, 0.5) is 10.1 Å². The van der Waals surface area contributed by atoms with Gasteiger partial charge in [0.15, 0.2) is 0 Å². The number of halogens is 1. The van der Waals surface area contributed by atoms with Crippen LogP contribution in [0.3, 0.4) is 0 Å². The lowest BCUT2D eigenvalue weighted by atomic mass is 9.99. The van der Waals surface area contributed by atoms with Crippen molar-refractivity contribution >= 4 is 17.5 Å². The van der Waals surface area contributed by atoms with Crippen molar-refractivity contribution in [2.45, 2.75) is 13.0 Å². The monoisotopic (exact) mass is 375 g/mol. The van der Waals surface area contributed by atoms with Gasteiger partial charge in [0.25, 0.3) is 11.8 Å². The summed E-state index contributed by atoms with van der Waals surface area (Å²) >= 11 is 0. The Bertz CT molecular complexity index is 1050. The molecular formula is C22H18FN3O2. The number of nitrogens with zero attached hydrogens (tertiary/aromatic N) is 2. The molecule has 0 aliphatic carbocycles. The number of anilines is 1. The Kier molecular flexibility index (Phi) is 4.85. The Labute approximate surface area is 161 Å². The maximum atomic E-state index is 13.7. The van der Waals surface area contributed by atoms with Crippen molar-refractivity contribution in [3.63, 3.8) is 0 Å². The molecule has 140 valence electrons. The zero-order valence-electron chi connectivity index (χ0n) is 15.1. The van der Waals surface area contributed by atoms with Gasteiger partial charge in [-0.15, -0.1) is 0 Å². The largest absolute Gasteiger partial charge is 0.334 e. The lowest BCUT2D eigenvalue weighted by Gasteiger charge is -2.28. The van der Waals surface area contributed by atoms with Crippen LogP contribution >= 0.6 is 0 Å². The molecule has 6 heteroatoms. The molecule has 1 aliphatic rings. The summed E-state index contributed by atoms with van der Waals surface area (Å²) in [6.07, 6.45) is 3.60. The number of para-hydroxylation sites is 1. The van der Waals surface area contributed by atoms with Gasteiger partial charge < -0.3 is 10.2 Å². The maximum Gasteiger partial charge on any atom is 0.257 e. The number of hydrogen-bond acceptors (Lipinski definition) is 3. The van der Waals surface area contributed by atoms with E-state index in [1.54, 1.807) is 17.0 Å². The van der Waals surface area contributed by atoms with Crippen molar-refractivity contribution in [1.82, 2.24) is 9.88 Å². The highest BCUT2D eigenvalue weighted by Crippen LogP contribution is 2.21. The van der Waals surface area contributed by atoms with Crippen molar-refractivity contribution in [3.8, 4) is 0 Å². The molecule has 0 bridgehead atoms. The first-order valence-corrected chi connectivity index (χ1v) is 8.99. The van der Waals surface area contributed by atoms with E-state index in [0.717, 1.165) is 12.0 Å². The summed E-state index contributed by atoms with van der Waals surface area (Å²) in [5.74, 6) is -1.22. The quantitative estimate of drug-likeness (QED) is 0.760. The molecule has 0 fully saturated rings. The van der Waals surface area contributed by atoms with Crippen molar-refractivity contribution in [2.75, 3.05) is 11.9 Å². The molecule has 2 amide bonds. The molecule has 0 radical (unpaired) electrons. The average molecular weight is 375 g/mol. The molecule has 0 saturated heterocycles. The SMILES string of the molecule is O=C(Nc1ccccc1F)c1cncc(C(=O)N2CCc3ccccc3C2)c1. The fourth-order valence-corrected chi connectivity index (χ4v) is 3.29. The second-order valence-electron chi connectivity index (χ2n) is 6.64. The first-order chi connectivity index (χ1) is 13.6. The Morgan fingerprint density at radius 3 is 2.50 bits per heavy atom. The summed E-state index contributed by atoms with van der Waals surface area (Å²) in [5, 5.41) is 2.51. The van der Waals surface area contributed by atoms with Crippen LogP contribution in [0.25, 0.3) is 0 Å². The molecule has 0 spiro atoms. The third-order valence-electron chi connectivity index (χ3n) is 4.79. The van der Waals surface area contributed by atoms with E-state index >= 15 is 0 Å². The van der Waals surface area contributed by atoms with Gasteiger partial charge >= 0.3 is 0 Å². The van der Waals surface area contributed by atoms with Gasteiger partial charge in [-0.05, 0) is 35.7 Å². The minimum atomic E-state index is -0.525. The molecule has 0 unspecified atom stereocenters. The zero-order chi connectivity index (χ0) is 19.5. The van der Waals surface area contributed by atoms with Crippen molar-refractivity contribution in [3.05, 3.63) is 95.1 Å². The van der Waals surface area contributed by atoms with Gasteiger partial charge in [0.1, 0.15) is 5.82 Å². The van der Waals surface area contributed by atoms with Crippen LogP contribution in [0.15, 0.2) is 67.0 Å². The van der Waals surface area contributed by atoms with Crippen molar-refractivity contribution in [1.29, 1.82) is 0 Å². The zero-order valence-corrected chi connectivity index (χ0v) is 15.1. The second-order valence-corrected chi connectivity index (χ2v) is 6.64. The number of aromatic nitrogens is 1. The van der Waals surface area contributed by atoms with Gasteiger partial charge in [0.2, 0.25) is 0 Å². The van der Waals surface area contributed by atoms with Crippen LogP contribution in [0, 0.1) is 5.82 Å². The number of carbonyl (C=O) groups is 2. The Balaban J connectivity index is 1.51. The summed E-state index contributed by atoms with van der Waals surface area (Å²) in [5.41, 5.74) is 3.00. The number of benzene rings is 2. The first-order valence-electron chi connectivity index (χ1n) is 8.99. The topological polar surface area (TPSA) is 62.3 Å². The van der Waals surface area contributed by atoms with E-state index in [2.05, 4.69) is 16.4 Å². The van der Waals surface area contributed by atoms with Gasteiger partial charge in [-0.25, -0.2) is 4.39 Å².